The maximum atomic E-state index is 13.0. The molecule has 1 fully saturated rings. The van der Waals surface area contributed by atoms with Crippen molar-refractivity contribution in [2.45, 2.75) is 20.1 Å². The molecule has 196 valence electrons. The number of morpholine rings is 1. The van der Waals surface area contributed by atoms with Crippen LogP contribution in [0, 0.1) is 0 Å². The maximum absolute atomic E-state index is 13.0. The number of ether oxygens (including phenoxy) is 2. The number of benzene rings is 3. The van der Waals surface area contributed by atoms with Crippen LogP contribution in [0.3, 0.4) is 0 Å². The Morgan fingerprint density at radius 2 is 1.79 bits per heavy atom. The maximum Gasteiger partial charge on any atom is 0.274 e. The molecule has 38 heavy (non-hydrogen) atoms. The number of rotatable bonds is 9. The molecule has 1 N–H and O–H groups in total. The van der Waals surface area contributed by atoms with Crippen molar-refractivity contribution in [3.8, 4) is 28.2 Å². The van der Waals surface area contributed by atoms with Crippen LogP contribution in [0.5, 0.6) is 5.75 Å². The van der Waals surface area contributed by atoms with E-state index in [0.717, 1.165) is 44.0 Å². The van der Waals surface area contributed by atoms with Crippen molar-refractivity contribution in [1.29, 1.82) is 0 Å². The average Bonchev–Trinajstić information content (AvgIpc) is 3.39. The van der Waals surface area contributed by atoms with E-state index in [1.54, 1.807) is 12.1 Å². The highest BCUT2D eigenvalue weighted by atomic mass is 35.5. The van der Waals surface area contributed by atoms with Gasteiger partial charge in [-0.25, -0.2) is 0 Å². The van der Waals surface area contributed by atoms with Crippen LogP contribution in [-0.2, 0) is 17.9 Å². The lowest BCUT2D eigenvalue weighted by Crippen LogP contribution is -2.35. The van der Waals surface area contributed by atoms with Crippen LogP contribution in [0.1, 0.15) is 28.5 Å². The molecule has 5 rings (SSSR count). The molecule has 0 saturated carbocycles. The highest BCUT2D eigenvalue weighted by Crippen LogP contribution is 2.41. The molecule has 0 spiro atoms. The minimum absolute atomic E-state index is 0.219. The number of hydrogen-bond donors (Lipinski definition) is 1. The van der Waals surface area contributed by atoms with Gasteiger partial charge in [0.25, 0.3) is 5.91 Å². The molecule has 0 unspecified atom stereocenters. The molecule has 7 nitrogen and oxygen atoms in total. The highest BCUT2D eigenvalue weighted by Gasteiger charge is 2.26. The monoisotopic (exact) mass is 531 g/mol. The van der Waals surface area contributed by atoms with Gasteiger partial charge in [0, 0.05) is 31.2 Å². The topological polar surface area (TPSA) is 76.8 Å². The molecule has 0 bridgehead atoms. The van der Waals surface area contributed by atoms with Gasteiger partial charge < -0.3 is 19.3 Å². The van der Waals surface area contributed by atoms with Gasteiger partial charge in [-0.15, -0.1) is 0 Å². The summed E-state index contributed by atoms with van der Waals surface area (Å²) < 4.78 is 17.5. The quantitative estimate of drug-likeness (QED) is 0.293. The number of carbonyl (C=O) groups is 1. The summed E-state index contributed by atoms with van der Waals surface area (Å²) in [6, 6.07) is 23.4. The summed E-state index contributed by atoms with van der Waals surface area (Å²) in [4.78, 5) is 15.3. The van der Waals surface area contributed by atoms with Crippen molar-refractivity contribution in [3.63, 3.8) is 0 Å². The minimum atomic E-state index is -0.302. The first kappa shape index (κ1) is 26.0. The van der Waals surface area contributed by atoms with Crippen LogP contribution < -0.4 is 10.1 Å². The van der Waals surface area contributed by atoms with Gasteiger partial charge in [-0.3, -0.25) is 9.69 Å². The van der Waals surface area contributed by atoms with Crippen molar-refractivity contribution in [3.05, 3.63) is 94.6 Å². The summed E-state index contributed by atoms with van der Waals surface area (Å²) in [5.74, 6) is 0.712. The summed E-state index contributed by atoms with van der Waals surface area (Å²) in [6.45, 7) is 6.90. The van der Waals surface area contributed by atoms with Crippen molar-refractivity contribution in [2.24, 2.45) is 0 Å². The molecule has 8 heteroatoms. The molecular weight excluding hydrogens is 502 g/mol. The Labute approximate surface area is 227 Å². The Kier molecular flexibility index (Phi) is 8.38. The molecule has 0 radical (unpaired) electrons. The molecule has 1 aliphatic heterocycles. The fourth-order valence-corrected chi connectivity index (χ4v) is 4.65. The molecular formula is C30H30ClN3O4. The lowest BCUT2D eigenvalue weighted by Gasteiger charge is -2.26. The predicted molar refractivity (Wildman–Crippen MR) is 147 cm³/mol. The number of nitrogens with zero attached hydrogens (tertiary/aromatic N) is 2. The smallest absolute Gasteiger partial charge is 0.274 e. The van der Waals surface area contributed by atoms with Crippen molar-refractivity contribution < 1.29 is 18.8 Å². The number of carbonyl (C=O) groups excluding carboxylic acids is 1. The number of amides is 1. The second-order valence-electron chi connectivity index (χ2n) is 9.09. The van der Waals surface area contributed by atoms with Crippen molar-refractivity contribution in [2.75, 3.05) is 32.8 Å². The van der Waals surface area contributed by atoms with E-state index in [9.17, 15) is 4.79 Å². The number of halogens is 1. The Hall–Kier alpha value is -3.65. The Bertz CT molecular complexity index is 1370. The predicted octanol–water partition coefficient (Wildman–Crippen LogP) is 5.82. The van der Waals surface area contributed by atoms with Crippen molar-refractivity contribution in [1.82, 2.24) is 15.4 Å². The van der Waals surface area contributed by atoms with Gasteiger partial charge in [0.15, 0.2) is 11.5 Å². The van der Waals surface area contributed by atoms with E-state index in [0.29, 0.717) is 40.8 Å². The van der Waals surface area contributed by atoms with Gasteiger partial charge in [-0.05, 0) is 41.8 Å². The van der Waals surface area contributed by atoms with Crippen LogP contribution in [0.4, 0.5) is 0 Å². The fraction of sp³-hybridized carbons (Fsp3) is 0.267. The van der Waals surface area contributed by atoms with Gasteiger partial charge >= 0.3 is 0 Å². The van der Waals surface area contributed by atoms with E-state index in [2.05, 4.69) is 27.5 Å². The Morgan fingerprint density at radius 1 is 1.03 bits per heavy atom. The molecule has 2 heterocycles. The number of aromatic nitrogens is 1. The molecule has 4 aromatic rings. The summed E-state index contributed by atoms with van der Waals surface area (Å²) >= 11 is 6.40. The van der Waals surface area contributed by atoms with Crippen LogP contribution >= 0.6 is 11.6 Å². The van der Waals surface area contributed by atoms with Crippen LogP contribution in [0.25, 0.3) is 22.5 Å². The molecule has 1 aromatic heterocycles. The standard InChI is InChI=1S/C30H30ClN3O4/c1-2-32-30(35)28-27(23-10-8-21(9-11-23)19-34-14-16-36-17-15-34)29(38-33-28)25-18-24(31)12-13-26(25)37-20-22-6-4-3-5-7-22/h3-13,18H,2,14-17,19-20H2,1H3,(H,32,35). The highest BCUT2D eigenvalue weighted by molar-refractivity contribution is 6.31. The minimum Gasteiger partial charge on any atom is -0.488 e. The SMILES string of the molecule is CCNC(=O)c1noc(-c2cc(Cl)ccc2OCc2ccccc2)c1-c1ccc(CN2CCOCC2)cc1. The molecule has 1 saturated heterocycles. The zero-order chi connectivity index (χ0) is 26.3. The second kappa shape index (κ2) is 12.3. The fourth-order valence-electron chi connectivity index (χ4n) is 4.48. The zero-order valence-corrected chi connectivity index (χ0v) is 22.0. The van der Waals surface area contributed by atoms with E-state index in [1.165, 1.54) is 5.56 Å². The van der Waals surface area contributed by atoms with Crippen molar-refractivity contribution >= 4 is 17.5 Å². The van der Waals surface area contributed by atoms with Gasteiger partial charge in [0.05, 0.1) is 24.3 Å². The molecule has 3 aromatic carbocycles. The molecule has 0 aliphatic carbocycles. The molecule has 1 aliphatic rings. The summed E-state index contributed by atoms with van der Waals surface area (Å²) in [5, 5.41) is 7.55. The first-order valence-electron chi connectivity index (χ1n) is 12.8. The molecule has 1 amide bonds. The first-order valence-corrected chi connectivity index (χ1v) is 13.1. The van der Waals surface area contributed by atoms with Crippen LogP contribution in [0.2, 0.25) is 5.02 Å². The van der Waals surface area contributed by atoms with E-state index in [1.807, 2.05) is 55.5 Å². The zero-order valence-electron chi connectivity index (χ0n) is 21.3. The largest absolute Gasteiger partial charge is 0.488 e. The number of hydrogen-bond acceptors (Lipinski definition) is 6. The Balaban J connectivity index is 1.51. The average molecular weight is 532 g/mol. The summed E-state index contributed by atoms with van der Waals surface area (Å²) in [5.41, 5.74) is 4.48. The van der Waals surface area contributed by atoms with E-state index < -0.39 is 0 Å². The van der Waals surface area contributed by atoms with E-state index in [4.69, 9.17) is 25.6 Å². The van der Waals surface area contributed by atoms with Gasteiger partial charge in [-0.1, -0.05) is 71.4 Å². The Morgan fingerprint density at radius 3 is 2.53 bits per heavy atom. The first-order chi connectivity index (χ1) is 18.6. The van der Waals surface area contributed by atoms with Gasteiger partial charge in [-0.2, -0.15) is 0 Å². The van der Waals surface area contributed by atoms with Gasteiger partial charge in [0.2, 0.25) is 0 Å². The number of nitrogens with one attached hydrogen (secondary N) is 1. The van der Waals surface area contributed by atoms with E-state index in [-0.39, 0.29) is 11.6 Å². The second-order valence-corrected chi connectivity index (χ2v) is 9.53. The summed E-state index contributed by atoms with van der Waals surface area (Å²) in [6.07, 6.45) is 0. The third kappa shape index (κ3) is 6.07. The summed E-state index contributed by atoms with van der Waals surface area (Å²) in [7, 11) is 0. The molecule has 0 atom stereocenters. The third-order valence-corrected chi connectivity index (χ3v) is 6.66. The van der Waals surface area contributed by atoms with E-state index >= 15 is 0 Å². The lowest BCUT2D eigenvalue weighted by atomic mass is 9.97. The lowest BCUT2D eigenvalue weighted by molar-refractivity contribution is 0.0342. The van der Waals surface area contributed by atoms with Gasteiger partial charge in [0.1, 0.15) is 12.4 Å². The third-order valence-electron chi connectivity index (χ3n) is 6.42. The van der Waals surface area contributed by atoms with Crippen LogP contribution in [0.15, 0.2) is 77.3 Å². The van der Waals surface area contributed by atoms with Crippen LogP contribution in [-0.4, -0.2) is 48.8 Å². The normalized spacial score (nSPS) is 13.8.